The third-order valence-electron chi connectivity index (χ3n) is 4.53. The third-order valence-corrected chi connectivity index (χ3v) is 4.74. The van der Waals surface area contributed by atoms with E-state index in [1.807, 2.05) is 13.8 Å². The van der Waals surface area contributed by atoms with E-state index in [2.05, 4.69) is 31.8 Å². The van der Waals surface area contributed by atoms with Crippen LogP contribution in [0.2, 0.25) is 5.15 Å². The predicted octanol–water partition coefficient (Wildman–Crippen LogP) is 2.08. The van der Waals surface area contributed by atoms with Gasteiger partial charge in [-0.05, 0) is 38.8 Å². The number of amides is 1. The highest BCUT2D eigenvalue weighted by atomic mass is 35.5. The molecule has 0 bridgehead atoms. The maximum atomic E-state index is 12.4. The van der Waals surface area contributed by atoms with Gasteiger partial charge >= 0.3 is 6.01 Å². The van der Waals surface area contributed by atoms with Crippen molar-refractivity contribution in [1.29, 1.82) is 5.26 Å². The van der Waals surface area contributed by atoms with Crippen LogP contribution >= 0.6 is 11.6 Å². The molecule has 0 unspecified atom stereocenters. The van der Waals surface area contributed by atoms with Gasteiger partial charge in [0.05, 0.1) is 12.6 Å². The molecule has 148 valence electrons. The van der Waals surface area contributed by atoms with E-state index in [4.69, 9.17) is 21.4 Å². The molecule has 0 aromatic carbocycles. The Labute approximate surface area is 168 Å². The van der Waals surface area contributed by atoms with Gasteiger partial charge in [0, 0.05) is 30.4 Å². The monoisotopic (exact) mass is 403 g/mol. The first-order chi connectivity index (χ1) is 13.4. The van der Waals surface area contributed by atoms with Crippen molar-refractivity contribution in [2.45, 2.75) is 38.3 Å². The highest BCUT2D eigenvalue weighted by Crippen LogP contribution is 2.20. The van der Waals surface area contributed by atoms with Gasteiger partial charge in [-0.3, -0.25) is 4.79 Å². The first kappa shape index (κ1) is 20.0. The van der Waals surface area contributed by atoms with E-state index in [0.29, 0.717) is 29.6 Å². The Morgan fingerprint density at radius 3 is 3.11 bits per heavy atom. The van der Waals surface area contributed by atoms with E-state index in [9.17, 15) is 4.79 Å². The molecular weight excluding hydrogens is 382 g/mol. The number of halogens is 1. The molecule has 9 nitrogen and oxygen atoms in total. The number of nitriles is 1. The highest BCUT2D eigenvalue weighted by molar-refractivity contribution is 6.29. The average Bonchev–Trinajstić information content (AvgIpc) is 3.34. The summed E-state index contributed by atoms with van der Waals surface area (Å²) in [6.07, 6.45) is 3.19. The normalized spacial score (nSPS) is 16.8. The van der Waals surface area contributed by atoms with E-state index in [1.54, 1.807) is 23.2 Å². The molecule has 1 atom stereocenters. The Morgan fingerprint density at radius 1 is 1.54 bits per heavy atom. The quantitative estimate of drug-likeness (QED) is 0.674. The molecule has 1 aliphatic rings. The van der Waals surface area contributed by atoms with Gasteiger partial charge in [0.15, 0.2) is 0 Å². The summed E-state index contributed by atoms with van der Waals surface area (Å²) < 4.78 is 5.22. The van der Waals surface area contributed by atoms with E-state index in [-0.39, 0.29) is 24.5 Å². The highest BCUT2D eigenvalue weighted by Gasteiger charge is 2.29. The van der Waals surface area contributed by atoms with Crippen LogP contribution in [0.5, 0.6) is 0 Å². The molecule has 1 saturated heterocycles. The molecule has 0 aliphatic carbocycles. The van der Waals surface area contributed by atoms with Crippen molar-refractivity contribution < 1.29 is 9.32 Å². The zero-order valence-electron chi connectivity index (χ0n) is 15.8. The number of nitrogens with one attached hydrogen (secondary N) is 2. The van der Waals surface area contributed by atoms with Gasteiger partial charge in [-0.1, -0.05) is 16.8 Å². The molecule has 0 saturated carbocycles. The summed E-state index contributed by atoms with van der Waals surface area (Å²) >= 11 is 5.88. The Balaban J connectivity index is 1.51. The van der Waals surface area contributed by atoms with Crippen molar-refractivity contribution in [2.75, 3.05) is 25.0 Å². The molecule has 28 heavy (non-hydrogen) atoms. The minimum atomic E-state index is -0.411. The van der Waals surface area contributed by atoms with Crippen molar-refractivity contribution >= 4 is 23.5 Å². The van der Waals surface area contributed by atoms with Gasteiger partial charge in [0.25, 0.3) is 0 Å². The summed E-state index contributed by atoms with van der Waals surface area (Å²) in [5, 5.41) is 19.7. The zero-order chi connectivity index (χ0) is 20.1. The van der Waals surface area contributed by atoms with E-state index in [0.717, 1.165) is 12.8 Å². The van der Waals surface area contributed by atoms with Crippen LogP contribution in [0.25, 0.3) is 11.4 Å². The van der Waals surface area contributed by atoms with Crippen molar-refractivity contribution in [3.8, 4) is 17.5 Å². The molecule has 0 spiro atoms. The van der Waals surface area contributed by atoms with Crippen LogP contribution in [0.3, 0.4) is 0 Å². The van der Waals surface area contributed by atoms with Gasteiger partial charge in [0.2, 0.25) is 11.7 Å². The Bertz CT molecular complexity index is 877. The van der Waals surface area contributed by atoms with Gasteiger partial charge in [-0.2, -0.15) is 10.2 Å². The molecule has 10 heteroatoms. The summed E-state index contributed by atoms with van der Waals surface area (Å²) in [6, 6.07) is 5.54. The maximum Gasteiger partial charge on any atom is 0.321 e. The van der Waals surface area contributed by atoms with E-state index in [1.165, 1.54) is 0 Å². The second-order valence-electron chi connectivity index (χ2n) is 7.26. The predicted molar refractivity (Wildman–Crippen MR) is 103 cm³/mol. The number of hydrogen-bond acceptors (Lipinski definition) is 8. The van der Waals surface area contributed by atoms with Crippen molar-refractivity contribution in [3.63, 3.8) is 0 Å². The van der Waals surface area contributed by atoms with Gasteiger partial charge < -0.3 is 20.1 Å². The van der Waals surface area contributed by atoms with E-state index < -0.39 is 5.54 Å². The standard InChI is InChI=1S/C18H22ClN7O2/c1-18(2,23-10-15(27)26-7-3-4-13(26)9-20)11-22-17-24-16(25-28-17)12-5-6-21-14(19)8-12/h5-6,8,13,23H,3-4,7,10-11H2,1-2H3,(H,22,24,25)/t13-/m0/s1. The lowest BCUT2D eigenvalue weighted by molar-refractivity contribution is -0.130. The van der Waals surface area contributed by atoms with Crippen LogP contribution in [0.4, 0.5) is 6.01 Å². The summed E-state index contributed by atoms with van der Waals surface area (Å²) in [7, 11) is 0. The van der Waals surface area contributed by atoms with Crippen molar-refractivity contribution in [1.82, 2.24) is 25.3 Å². The number of aromatic nitrogens is 3. The Hall–Kier alpha value is -2.70. The van der Waals surface area contributed by atoms with Gasteiger partial charge in [-0.15, -0.1) is 0 Å². The minimum absolute atomic E-state index is 0.0632. The summed E-state index contributed by atoms with van der Waals surface area (Å²) in [4.78, 5) is 22.2. The molecular formula is C18H22ClN7O2. The molecule has 1 aliphatic heterocycles. The molecule has 0 radical (unpaired) electrons. The lowest BCUT2D eigenvalue weighted by Crippen LogP contribution is -2.50. The molecule has 2 aromatic heterocycles. The summed E-state index contributed by atoms with van der Waals surface area (Å²) in [6.45, 7) is 5.18. The number of pyridine rings is 1. The van der Waals surface area contributed by atoms with Crippen LogP contribution in [-0.2, 0) is 4.79 Å². The molecule has 2 N–H and O–H groups in total. The van der Waals surface area contributed by atoms with Crippen LogP contribution in [-0.4, -0.2) is 57.1 Å². The second kappa shape index (κ2) is 8.54. The number of rotatable bonds is 7. The number of hydrogen-bond donors (Lipinski definition) is 2. The Kier molecular flexibility index (Phi) is 6.11. The first-order valence-electron chi connectivity index (χ1n) is 9.01. The largest absolute Gasteiger partial charge is 0.336 e. The van der Waals surface area contributed by atoms with Crippen molar-refractivity contribution in [3.05, 3.63) is 23.5 Å². The lowest BCUT2D eigenvalue weighted by atomic mass is 10.1. The lowest BCUT2D eigenvalue weighted by Gasteiger charge is -2.28. The van der Waals surface area contributed by atoms with Crippen LogP contribution in [0.1, 0.15) is 26.7 Å². The molecule has 1 amide bonds. The van der Waals surface area contributed by atoms with Crippen LogP contribution in [0.15, 0.2) is 22.9 Å². The summed E-state index contributed by atoms with van der Waals surface area (Å²) in [5.74, 6) is 0.344. The number of carbonyl (C=O) groups excluding carboxylic acids is 1. The first-order valence-corrected chi connectivity index (χ1v) is 9.39. The molecule has 3 heterocycles. The summed E-state index contributed by atoms with van der Waals surface area (Å²) in [5.41, 5.74) is 0.295. The Morgan fingerprint density at radius 2 is 2.36 bits per heavy atom. The molecule has 1 fully saturated rings. The fourth-order valence-corrected chi connectivity index (χ4v) is 3.10. The smallest absolute Gasteiger partial charge is 0.321 e. The number of anilines is 1. The third kappa shape index (κ3) is 4.97. The number of likely N-dealkylation sites (tertiary alicyclic amines) is 1. The van der Waals surface area contributed by atoms with Crippen LogP contribution in [0, 0.1) is 11.3 Å². The fourth-order valence-electron chi connectivity index (χ4n) is 2.93. The molecule has 2 aromatic rings. The zero-order valence-corrected chi connectivity index (χ0v) is 16.5. The minimum Gasteiger partial charge on any atom is -0.336 e. The fraction of sp³-hybridized carbons (Fsp3) is 0.500. The second-order valence-corrected chi connectivity index (χ2v) is 7.64. The van der Waals surface area contributed by atoms with Gasteiger partial charge in [-0.25, -0.2) is 4.98 Å². The van der Waals surface area contributed by atoms with Gasteiger partial charge in [0.1, 0.15) is 11.2 Å². The number of carbonyl (C=O) groups is 1. The van der Waals surface area contributed by atoms with E-state index >= 15 is 0 Å². The topological polar surface area (TPSA) is 120 Å². The van der Waals surface area contributed by atoms with Crippen LogP contribution < -0.4 is 10.6 Å². The number of nitrogens with zero attached hydrogens (tertiary/aromatic N) is 5. The maximum absolute atomic E-state index is 12.4. The SMILES string of the molecule is CC(C)(CNc1nc(-c2ccnc(Cl)c2)no1)NCC(=O)N1CCC[C@H]1C#N. The molecule has 3 rings (SSSR count). The van der Waals surface area contributed by atoms with Crippen molar-refractivity contribution in [2.24, 2.45) is 0 Å². The average molecular weight is 404 g/mol.